The zero-order valence-corrected chi connectivity index (χ0v) is 14.0. The molecule has 1 aliphatic rings. The molecular weight excluding hydrogens is 363 g/mol. The van der Waals surface area contributed by atoms with Crippen molar-refractivity contribution in [3.63, 3.8) is 0 Å². The van der Waals surface area contributed by atoms with Gasteiger partial charge in [-0.3, -0.25) is 4.31 Å². The first-order valence-electron chi connectivity index (χ1n) is 7.12. The van der Waals surface area contributed by atoms with Gasteiger partial charge in [0.15, 0.2) is 10.8 Å². The number of anilines is 2. The molecule has 0 unspecified atom stereocenters. The number of benzene rings is 1. The molecular formula is C14H14F3N3O2S2. The summed E-state index contributed by atoms with van der Waals surface area (Å²) in [6.07, 6.45) is -3.87. The normalized spacial score (nSPS) is 17.2. The Morgan fingerprint density at radius 1 is 1.33 bits per heavy atom. The third-order valence-electron chi connectivity index (χ3n) is 3.54. The second-order valence-corrected chi connectivity index (χ2v) is 8.17. The van der Waals surface area contributed by atoms with Crippen molar-refractivity contribution in [1.82, 2.24) is 4.98 Å². The van der Waals surface area contributed by atoms with Gasteiger partial charge in [-0.2, -0.15) is 13.2 Å². The Kier molecular flexibility index (Phi) is 4.43. The maximum Gasteiger partial charge on any atom is 0.434 e. The molecule has 1 aromatic heterocycles. The average Bonchev–Trinajstić information content (AvgIpc) is 3.11. The number of aromatic nitrogens is 1. The maximum absolute atomic E-state index is 12.5. The molecule has 130 valence electrons. The minimum atomic E-state index is -4.46. The van der Waals surface area contributed by atoms with E-state index in [1.165, 1.54) is 4.31 Å². The first kappa shape index (κ1) is 17.0. The zero-order chi connectivity index (χ0) is 17.4. The van der Waals surface area contributed by atoms with E-state index in [0.29, 0.717) is 18.7 Å². The molecule has 0 spiro atoms. The van der Waals surface area contributed by atoms with E-state index in [1.807, 2.05) is 0 Å². The fraction of sp³-hybridized carbons (Fsp3) is 0.357. The lowest BCUT2D eigenvalue weighted by Gasteiger charge is -2.17. The van der Waals surface area contributed by atoms with Crippen molar-refractivity contribution in [2.75, 3.05) is 21.9 Å². The SMILES string of the molecule is O=S1(=O)CCCN1c1cccc(CNc2nc(C(F)(F)F)cs2)c1. The standard InChI is InChI=1S/C14H14F3N3O2S2/c15-14(16,17)12-9-23-13(19-12)18-8-10-3-1-4-11(7-10)20-5-2-6-24(20,21)22/h1,3-4,7,9H,2,5-6,8H2,(H,18,19). The lowest BCUT2D eigenvalue weighted by molar-refractivity contribution is -0.140. The lowest BCUT2D eigenvalue weighted by atomic mass is 10.2. The Hall–Kier alpha value is -1.81. The summed E-state index contributed by atoms with van der Waals surface area (Å²) in [4.78, 5) is 3.50. The minimum Gasteiger partial charge on any atom is -0.357 e. The van der Waals surface area contributed by atoms with Crippen LogP contribution in [0.25, 0.3) is 0 Å². The van der Waals surface area contributed by atoms with Gasteiger partial charge in [-0.15, -0.1) is 11.3 Å². The van der Waals surface area contributed by atoms with E-state index in [-0.39, 0.29) is 17.4 Å². The minimum absolute atomic E-state index is 0.134. The zero-order valence-electron chi connectivity index (χ0n) is 12.4. The summed E-state index contributed by atoms with van der Waals surface area (Å²) in [5.74, 6) is 0.134. The van der Waals surface area contributed by atoms with Crippen LogP contribution in [0.4, 0.5) is 24.0 Å². The molecule has 1 fully saturated rings. The van der Waals surface area contributed by atoms with Gasteiger partial charge in [0.1, 0.15) is 0 Å². The number of nitrogens with one attached hydrogen (secondary N) is 1. The van der Waals surface area contributed by atoms with E-state index in [9.17, 15) is 21.6 Å². The fourth-order valence-electron chi connectivity index (χ4n) is 2.41. The lowest BCUT2D eigenvalue weighted by Crippen LogP contribution is -2.25. The molecule has 2 aromatic rings. The van der Waals surface area contributed by atoms with Gasteiger partial charge >= 0.3 is 6.18 Å². The van der Waals surface area contributed by atoms with Crippen LogP contribution in [0.3, 0.4) is 0 Å². The predicted molar refractivity (Wildman–Crippen MR) is 86.6 cm³/mol. The van der Waals surface area contributed by atoms with Crippen LogP contribution in [-0.2, 0) is 22.7 Å². The third kappa shape index (κ3) is 3.64. The van der Waals surface area contributed by atoms with Crippen molar-refractivity contribution < 1.29 is 21.6 Å². The largest absolute Gasteiger partial charge is 0.434 e. The molecule has 2 heterocycles. The number of rotatable bonds is 4. The summed E-state index contributed by atoms with van der Waals surface area (Å²) in [5.41, 5.74) is 0.409. The summed E-state index contributed by atoms with van der Waals surface area (Å²) in [6.45, 7) is 0.702. The number of nitrogens with zero attached hydrogens (tertiary/aromatic N) is 2. The van der Waals surface area contributed by atoms with Gasteiger partial charge in [-0.1, -0.05) is 12.1 Å². The van der Waals surface area contributed by atoms with Crippen LogP contribution < -0.4 is 9.62 Å². The molecule has 5 nitrogen and oxygen atoms in total. The van der Waals surface area contributed by atoms with Gasteiger partial charge in [0.2, 0.25) is 10.0 Å². The molecule has 0 amide bonds. The molecule has 10 heteroatoms. The number of thiazole rings is 1. The average molecular weight is 377 g/mol. The number of sulfonamides is 1. The highest BCUT2D eigenvalue weighted by molar-refractivity contribution is 7.93. The van der Waals surface area contributed by atoms with Crippen LogP contribution in [0.1, 0.15) is 17.7 Å². The number of alkyl halides is 3. The summed E-state index contributed by atoms with van der Waals surface area (Å²) >= 11 is 0.876. The Bertz CT molecular complexity index is 834. The topological polar surface area (TPSA) is 62.3 Å². The highest BCUT2D eigenvalue weighted by Crippen LogP contribution is 2.32. The molecule has 0 bridgehead atoms. The highest BCUT2D eigenvalue weighted by atomic mass is 32.2. The molecule has 0 aliphatic carbocycles. The van der Waals surface area contributed by atoms with Crippen LogP contribution in [0.5, 0.6) is 0 Å². The fourth-order valence-corrected chi connectivity index (χ4v) is 4.69. The van der Waals surface area contributed by atoms with Gasteiger partial charge in [-0.05, 0) is 24.1 Å². The summed E-state index contributed by atoms with van der Waals surface area (Å²) in [5, 5.41) is 3.95. The first-order valence-corrected chi connectivity index (χ1v) is 9.60. The van der Waals surface area contributed by atoms with Gasteiger partial charge in [0.25, 0.3) is 0 Å². The van der Waals surface area contributed by atoms with Crippen LogP contribution in [0.2, 0.25) is 0 Å². The summed E-state index contributed by atoms with van der Waals surface area (Å²) < 4.78 is 62.8. The van der Waals surface area contributed by atoms with Crippen molar-refractivity contribution in [3.8, 4) is 0 Å². The smallest absolute Gasteiger partial charge is 0.357 e. The molecule has 0 radical (unpaired) electrons. The Morgan fingerprint density at radius 2 is 2.12 bits per heavy atom. The second kappa shape index (κ2) is 6.25. The van der Waals surface area contributed by atoms with E-state index in [2.05, 4.69) is 10.3 Å². The van der Waals surface area contributed by atoms with E-state index >= 15 is 0 Å². The van der Waals surface area contributed by atoms with E-state index in [4.69, 9.17) is 0 Å². The van der Waals surface area contributed by atoms with Gasteiger partial charge in [-0.25, -0.2) is 13.4 Å². The van der Waals surface area contributed by atoms with Crippen LogP contribution in [-0.4, -0.2) is 25.7 Å². The Labute approximate surface area is 141 Å². The number of halogens is 3. The van der Waals surface area contributed by atoms with Crippen LogP contribution in [0.15, 0.2) is 29.6 Å². The quantitative estimate of drug-likeness (QED) is 0.888. The maximum atomic E-state index is 12.5. The monoisotopic (exact) mass is 377 g/mol. The van der Waals surface area contributed by atoms with Gasteiger partial charge < -0.3 is 5.32 Å². The summed E-state index contributed by atoms with van der Waals surface area (Å²) in [6, 6.07) is 6.92. The van der Waals surface area contributed by atoms with E-state index in [0.717, 1.165) is 22.3 Å². The van der Waals surface area contributed by atoms with Crippen molar-refractivity contribution >= 4 is 32.2 Å². The first-order chi connectivity index (χ1) is 11.3. The van der Waals surface area contributed by atoms with E-state index < -0.39 is 21.9 Å². The molecule has 3 rings (SSSR count). The van der Waals surface area contributed by atoms with Crippen LogP contribution in [0, 0.1) is 0 Å². The highest BCUT2D eigenvalue weighted by Gasteiger charge is 2.33. The van der Waals surface area contributed by atoms with Gasteiger partial charge in [0.05, 0.1) is 11.4 Å². The molecule has 1 aliphatic heterocycles. The molecule has 1 aromatic carbocycles. The number of hydrogen-bond acceptors (Lipinski definition) is 5. The van der Waals surface area contributed by atoms with Crippen molar-refractivity contribution in [1.29, 1.82) is 0 Å². The predicted octanol–water partition coefficient (Wildman–Crippen LogP) is 3.31. The summed E-state index contributed by atoms with van der Waals surface area (Å²) in [7, 11) is -3.26. The van der Waals surface area contributed by atoms with Crippen molar-refractivity contribution in [2.45, 2.75) is 19.1 Å². The van der Waals surface area contributed by atoms with Crippen molar-refractivity contribution in [2.24, 2.45) is 0 Å². The second-order valence-electron chi connectivity index (χ2n) is 5.30. The molecule has 1 N–H and O–H groups in total. The third-order valence-corrected chi connectivity index (χ3v) is 6.21. The molecule has 1 saturated heterocycles. The molecule has 0 atom stereocenters. The van der Waals surface area contributed by atoms with E-state index in [1.54, 1.807) is 24.3 Å². The number of hydrogen-bond donors (Lipinski definition) is 1. The molecule has 24 heavy (non-hydrogen) atoms. The Morgan fingerprint density at radius 3 is 2.75 bits per heavy atom. The van der Waals surface area contributed by atoms with Crippen molar-refractivity contribution in [3.05, 3.63) is 40.9 Å². The van der Waals surface area contributed by atoms with Crippen LogP contribution >= 0.6 is 11.3 Å². The van der Waals surface area contributed by atoms with Gasteiger partial charge in [0, 0.05) is 18.5 Å². The molecule has 0 saturated carbocycles. The Balaban J connectivity index is 1.70.